The third kappa shape index (κ3) is 3.84. The highest BCUT2D eigenvalue weighted by Gasteiger charge is 2.22. The molecule has 0 spiro atoms. The van der Waals surface area contributed by atoms with Crippen molar-refractivity contribution >= 4 is 18.4 Å². The number of benzene rings is 1. The maximum Gasteiger partial charge on any atom is 0.332 e. The number of carboxylic acids is 1. The fourth-order valence-corrected chi connectivity index (χ4v) is 2.01. The molecule has 1 aromatic rings. The molecule has 18 heavy (non-hydrogen) atoms. The van der Waals surface area contributed by atoms with Gasteiger partial charge in [0.1, 0.15) is 0 Å². The molecule has 0 radical (unpaired) electrons. The van der Waals surface area contributed by atoms with Crippen molar-refractivity contribution in [3.05, 3.63) is 47.5 Å². The van der Waals surface area contributed by atoms with E-state index in [-0.39, 0.29) is 18.0 Å². The molecule has 1 aromatic carbocycles. The van der Waals surface area contributed by atoms with E-state index >= 15 is 0 Å². The van der Waals surface area contributed by atoms with Gasteiger partial charge in [-0.3, -0.25) is 4.90 Å². The first kappa shape index (κ1) is 14.7. The Kier molecular flexibility index (Phi) is 5.34. The zero-order valence-corrected chi connectivity index (χ0v) is 10.6. The summed E-state index contributed by atoms with van der Waals surface area (Å²) in [5.74, 6) is -0.957. The summed E-state index contributed by atoms with van der Waals surface area (Å²) in [5, 5.41) is 18.5. The third-order valence-electron chi connectivity index (χ3n) is 2.76. The topological polar surface area (TPSA) is 60.8 Å². The molecule has 98 valence electrons. The molecule has 1 aliphatic rings. The first-order chi connectivity index (χ1) is 8.15. The van der Waals surface area contributed by atoms with Gasteiger partial charge in [-0.2, -0.15) is 0 Å². The first-order valence-corrected chi connectivity index (χ1v) is 5.53. The molecule has 0 aromatic heterocycles. The predicted molar refractivity (Wildman–Crippen MR) is 70.7 cm³/mol. The Morgan fingerprint density at radius 3 is 2.61 bits per heavy atom. The maximum atomic E-state index is 10.9. The van der Waals surface area contributed by atoms with E-state index in [0.29, 0.717) is 19.6 Å². The number of hydrogen-bond donors (Lipinski definition) is 2. The quantitative estimate of drug-likeness (QED) is 0.868. The predicted octanol–water partition coefficient (Wildman–Crippen LogP) is 1.30. The summed E-state index contributed by atoms with van der Waals surface area (Å²) in [6.45, 7) is 1.51. The zero-order chi connectivity index (χ0) is 12.3. The molecule has 0 saturated carbocycles. The van der Waals surface area contributed by atoms with E-state index in [2.05, 4.69) is 0 Å². The van der Waals surface area contributed by atoms with E-state index in [1.54, 1.807) is 0 Å². The second-order valence-electron chi connectivity index (χ2n) is 4.22. The maximum absolute atomic E-state index is 10.9. The normalized spacial score (nSPS) is 19.8. The average molecular weight is 270 g/mol. The molecule has 2 N–H and O–H groups in total. The summed E-state index contributed by atoms with van der Waals surface area (Å²) in [7, 11) is 0. The Morgan fingerprint density at radius 1 is 1.33 bits per heavy atom. The van der Waals surface area contributed by atoms with Crippen LogP contribution in [0.2, 0.25) is 0 Å². The number of halogens is 1. The van der Waals surface area contributed by atoms with Gasteiger partial charge in [0.15, 0.2) is 0 Å². The Labute approximate surface area is 112 Å². The van der Waals surface area contributed by atoms with Crippen molar-refractivity contribution < 1.29 is 15.0 Å². The van der Waals surface area contributed by atoms with Crippen LogP contribution < -0.4 is 0 Å². The molecule has 2 rings (SSSR count). The van der Waals surface area contributed by atoms with Crippen molar-refractivity contribution in [2.24, 2.45) is 0 Å². The monoisotopic (exact) mass is 269 g/mol. The first-order valence-electron chi connectivity index (χ1n) is 5.53. The third-order valence-corrected chi connectivity index (χ3v) is 2.76. The number of aliphatic hydroxyl groups is 1. The fourth-order valence-electron chi connectivity index (χ4n) is 2.01. The molecule has 1 aliphatic heterocycles. The molecule has 4 nitrogen and oxygen atoms in total. The number of hydrogen-bond acceptors (Lipinski definition) is 3. The Balaban J connectivity index is 0.00000162. The largest absolute Gasteiger partial charge is 0.478 e. The second kappa shape index (κ2) is 6.54. The number of aliphatic hydroxyl groups excluding tert-OH is 1. The fraction of sp³-hybridized carbons (Fsp3) is 0.308. The number of nitrogens with zero attached hydrogens (tertiary/aromatic N) is 1. The molecule has 0 amide bonds. The van der Waals surface area contributed by atoms with E-state index in [1.807, 2.05) is 35.2 Å². The van der Waals surface area contributed by atoms with Crippen LogP contribution in [0.3, 0.4) is 0 Å². The van der Waals surface area contributed by atoms with Crippen LogP contribution >= 0.6 is 12.4 Å². The summed E-state index contributed by atoms with van der Waals surface area (Å²) >= 11 is 0. The van der Waals surface area contributed by atoms with Gasteiger partial charge in [-0.15, -0.1) is 12.4 Å². The van der Waals surface area contributed by atoms with Gasteiger partial charge in [0.05, 0.1) is 6.10 Å². The highest BCUT2D eigenvalue weighted by molar-refractivity contribution is 5.87. The lowest BCUT2D eigenvalue weighted by Crippen LogP contribution is -2.38. The lowest BCUT2D eigenvalue weighted by atomic mass is 10.1. The molecule has 0 fully saturated rings. The SMILES string of the molecule is Cl.O=C(O)C1=CC(O)CN(Cc2ccccc2)C1. The van der Waals surface area contributed by atoms with E-state index < -0.39 is 12.1 Å². The molecular weight excluding hydrogens is 254 g/mol. The molecule has 1 atom stereocenters. The van der Waals surface area contributed by atoms with Gasteiger partial charge in [-0.25, -0.2) is 4.79 Å². The van der Waals surface area contributed by atoms with Gasteiger partial charge in [0.25, 0.3) is 0 Å². The van der Waals surface area contributed by atoms with Crippen LogP contribution in [-0.4, -0.2) is 40.3 Å². The van der Waals surface area contributed by atoms with Gasteiger partial charge < -0.3 is 10.2 Å². The van der Waals surface area contributed by atoms with E-state index in [0.717, 1.165) is 5.56 Å². The van der Waals surface area contributed by atoms with E-state index in [9.17, 15) is 9.90 Å². The van der Waals surface area contributed by atoms with Crippen LogP contribution in [0.5, 0.6) is 0 Å². The van der Waals surface area contributed by atoms with Crippen LogP contribution in [0, 0.1) is 0 Å². The van der Waals surface area contributed by atoms with Crippen LogP contribution in [0.4, 0.5) is 0 Å². The van der Waals surface area contributed by atoms with E-state index in [4.69, 9.17) is 5.11 Å². The van der Waals surface area contributed by atoms with Crippen molar-refractivity contribution in [3.63, 3.8) is 0 Å². The van der Waals surface area contributed by atoms with Crippen molar-refractivity contribution in [1.29, 1.82) is 0 Å². The minimum Gasteiger partial charge on any atom is -0.478 e. The molecule has 1 heterocycles. The number of rotatable bonds is 3. The molecule has 0 aliphatic carbocycles. The zero-order valence-electron chi connectivity index (χ0n) is 9.82. The van der Waals surface area contributed by atoms with E-state index in [1.165, 1.54) is 6.08 Å². The molecule has 1 unspecified atom stereocenters. The van der Waals surface area contributed by atoms with Crippen molar-refractivity contribution in [2.75, 3.05) is 13.1 Å². The number of aliphatic carboxylic acids is 1. The van der Waals surface area contributed by atoms with Crippen LogP contribution in [0.1, 0.15) is 5.56 Å². The lowest BCUT2D eigenvalue weighted by molar-refractivity contribution is -0.133. The summed E-state index contributed by atoms with van der Waals surface area (Å²) in [5.41, 5.74) is 1.38. The highest BCUT2D eigenvalue weighted by atomic mass is 35.5. The second-order valence-corrected chi connectivity index (χ2v) is 4.22. The molecular formula is C13H16ClNO3. The Hall–Kier alpha value is -1.36. The molecule has 5 heteroatoms. The van der Waals surface area contributed by atoms with Crippen LogP contribution in [-0.2, 0) is 11.3 Å². The highest BCUT2D eigenvalue weighted by Crippen LogP contribution is 2.13. The Bertz CT molecular complexity index is 433. The van der Waals surface area contributed by atoms with Gasteiger partial charge in [-0.1, -0.05) is 30.3 Å². The van der Waals surface area contributed by atoms with Gasteiger partial charge in [0, 0.05) is 25.2 Å². The minimum atomic E-state index is -0.957. The summed E-state index contributed by atoms with van der Waals surface area (Å²) < 4.78 is 0. The molecule has 0 bridgehead atoms. The summed E-state index contributed by atoms with van der Waals surface area (Å²) in [4.78, 5) is 12.8. The number of β-amino-alcohol motifs (C(OH)–C–C–N with tert-alkyl or cyclic N) is 1. The van der Waals surface area contributed by atoms with Crippen molar-refractivity contribution in [2.45, 2.75) is 12.6 Å². The number of carbonyl (C=O) groups is 1. The lowest BCUT2D eigenvalue weighted by Gasteiger charge is -2.28. The average Bonchev–Trinajstić information content (AvgIpc) is 2.29. The van der Waals surface area contributed by atoms with Gasteiger partial charge in [-0.05, 0) is 11.6 Å². The van der Waals surface area contributed by atoms with Crippen molar-refractivity contribution in [3.8, 4) is 0 Å². The van der Waals surface area contributed by atoms with Crippen LogP contribution in [0.25, 0.3) is 0 Å². The minimum absolute atomic E-state index is 0. The Morgan fingerprint density at radius 2 is 2.00 bits per heavy atom. The number of carboxylic acid groups (broad SMARTS) is 1. The summed E-state index contributed by atoms with van der Waals surface area (Å²) in [6, 6.07) is 9.82. The van der Waals surface area contributed by atoms with Gasteiger partial charge >= 0.3 is 5.97 Å². The van der Waals surface area contributed by atoms with Gasteiger partial charge in [0.2, 0.25) is 0 Å². The standard InChI is InChI=1S/C13H15NO3.ClH/c15-12-6-11(13(16)17)8-14(9-12)7-10-4-2-1-3-5-10;/h1-6,12,15H,7-9H2,(H,16,17);1H. The molecule has 0 saturated heterocycles. The summed E-state index contributed by atoms with van der Waals surface area (Å²) in [6.07, 6.45) is 0.725. The van der Waals surface area contributed by atoms with Crippen LogP contribution in [0.15, 0.2) is 42.0 Å². The van der Waals surface area contributed by atoms with Crippen molar-refractivity contribution in [1.82, 2.24) is 4.90 Å². The smallest absolute Gasteiger partial charge is 0.332 e.